The van der Waals surface area contributed by atoms with E-state index in [9.17, 15) is 9.59 Å². The number of carbonyl (C=O) groups excluding carboxylic acids is 2. The zero-order chi connectivity index (χ0) is 20.9. The van der Waals surface area contributed by atoms with E-state index in [1.54, 1.807) is 12.1 Å². The molecule has 2 amide bonds. The monoisotopic (exact) mass is 444 g/mol. The van der Waals surface area contributed by atoms with E-state index >= 15 is 0 Å². The van der Waals surface area contributed by atoms with Crippen LogP contribution in [0.2, 0.25) is 5.02 Å². The number of amidine groups is 1. The van der Waals surface area contributed by atoms with E-state index in [4.69, 9.17) is 16.3 Å². The van der Waals surface area contributed by atoms with Gasteiger partial charge in [-0.05, 0) is 36.4 Å². The number of benzene rings is 2. The fraction of sp³-hybridized carbons (Fsp3) is 0.286. The van der Waals surface area contributed by atoms with Gasteiger partial charge >= 0.3 is 0 Å². The summed E-state index contributed by atoms with van der Waals surface area (Å²) in [6.07, 6.45) is 0.0588. The van der Waals surface area contributed by atoms with E-state index < -0.39 is 5.25 Å². The number of thioether (sulfide) groups is 1. The van der Waals surface area contributed by atoms with Gasteiger partial charge in [-0.25, -0.2) is 4.99 Å². The predicted octanol–water partition coefficient (Wildman–Crippen LogP) is 3.42. The molecule has 9 heteroatoms. The minimum atomic E-state index is -0.529. The normalized spacial score (nSPS) is 20.3. The average Bonchev–Trinajstić information content (AvgIpc) is 3.09. The zero-order valence-corrected chi connectivity index (χ0v) is 17.7. The number of para-hydroxylation sites is 1. The predicted molar refractivity (Wildman–Crippen MR) is 121 cm³/mol. The second-order valence-corrected chi connectivity index (χ2v) is 8.46. The molecule has 2 N–H and O–H groups in total. The molecule has 4 rings (SSSR count). The number of morpholine rings is 1. The molecule has 2 saturated heterocycles. The molecule has 0 unspecified atom stereocenters. The van der Waals surface area contributed by atoms with Crippen LogP contribution in [0, 0.1) is 0 Å². The third kappa shape index (κ3) is 5.13. The first-order valence-electron chi connectivity index (χ1n) is 9.62. The first-order valence-corrected chi connectivity index (χ1v) is 10.9. The van der Waals surface area contributed by atoms with Gasteiger partial charge in [-0.3, -0.25) is 9.59 Å². The van der Waals surface area contributed by atoms with Crippen LogP contribution in [0.5, 0.6) is 0 Å². The molecular weight excluding hydrogens is 424 g/mol. The summed E-state index contributed by atoms with van der Waals surface area (Å²) in [5, 5.41) is 5.99. The maximum absolute atomic E-state index is 12.4. The van der Waals surface area contributed by atoms with Gasteiger partial charge in [0.05, 0.1) is 23.9 Å². The van der Waals surface area contributed by atoms with Gasteiger partial charge in [-0.2, -0.15) is 0 Å². The molecule has 0 aliphatic carbocycles. The van der Waals surface area contributed by atoms with E-state index in [-0.39, 0.29) is 18.2 Å². The summed E-state index contributed by atoms with van der Waals surface area (Å²) in [4.78, 5) is 31.3. The highest BCUT2D eigenvalue weighted by molar-refractivity contribution is 8.15. The molecule has 7 nitrogen and oxygen atoms in total. The minimum absolute atomic E-state index is 0.0588. The van der Waals surface area contributed by atoms with Crippen molar-refractivity contribution in [1.82, 2.24) is 5.32 Å². The largest absolute Gasteiger partial charge is 0.378 e. The highest BCUT2D eigenvalue weighted by Crippen LogP contribution is 2.29. The molecule has 2 aromatic carbocycles. The summed E-state index contributed by atoms with van der Waals surface area (Å²) < 4.78 is 5.37. The Hall–Kier alpha value is -2.55. The summed E-state index contributed by atoms with van der Waals surface area (Å²) in [7, 11) is 0. The van der Waals surface area contributed by atoms with Crippen molar-refractivity contribution < 1.29 is 14.3 Å². The summed E-state index contributed by atoms with van der Waals surface area (Å²) in [5.41, 5.74) is 2.38. The van der Waals surface area contributed by atoms with Crippen LogP contribution in [0.3, 0.4) is 0 Å². The smallest absolute Gasteiger partial charge is 0.240 e. The van der Waals surface area contributed by atoms with Gasteiger partial charge < -0.3 is 20.3 Å². The number of nitrogens with zero attached hydrogens (tertiary/aromatic N) is 2. The van der Waals surface area contributed by atoms with E-state index in [2.05, 4.69) is 20.5 Å². The Morgan fingerprint density at radius 1 is 1.20 bits per heavy atom. The SMILES string of the molecule is O=C(C[C@@H]1SC(=Nc2ccccc2Cl)NC1=O)Nc1ccc(N2CCOCC2)cc1. The number of hydrogen-bond donors (Lipinski definition) is 2. The van der Waals surface area contributed by atoms with Crippen LogP contribution in [-0.2, 0) is 14.3 Å². The van der Waals surface area contributed by atoms with Crippen LogP contribution in [0.4, 0.5) is 17.1 Å². The molecule has 1 atom stereocenters. The second kappa shape index (κ2) is 9.51. The molecule has 2 aromatic rings. The van der Waals surface area contributed by atoms with Gasteiger partial charge in [-0.15, -0.1) is 0 Å². The number of halogens is 1. The first-order chi connectivity index (χ1) is 14.6. The third-order valence-electron chi connectivity index (χ3n) is 4.75. The summed E-state index contributed by atoms with van der Waals surface area (Å²) in [5.74, 6) is -0.454. The molecule has 2 aliphatic heterocycles. The molecular formula is C21H21ClN4O3S. The quantitative estimate of drug-likeness (QED) is 0.738. The van der Waals surface area contributed by atoms with Crippen molar-refractivity contribution in [3.05, 3.63) is 53.6 Å². The number of hydrogen-bond acceptors (Lipinski definition) is 6. The number of rotatable bonds is 5. The van der Waals surface area contributed by atoms with Gasteiger partial charge in [0, 0.05) is 30.9 Å². The molecule has 0 bridgehead atoms. The lowest BCUT2D eigenvalue weighted by Crippen LogP contribution is -2.36. The lowest BCUT2D eigenvalue weighted by Gasteiger charge is -2.28. The van der Waals surface area contributed by atoms with Gasteiger partial charge in [0.1, 0.15) is 5.25 Å². The van der Waals surface area contributed by atoms with Gasteiger partial charge in [0.2, 0.25) is 11.8 Å². The van der Waals surface area contributed by atoms with Crippen molar-refractivity contribution in [3.63, 3.8) is 0 Å². The molecule has 30 heavy (non-hydrogen) atoms. The van der Waals surface area contributed by atoms with Crippen molar-refractivity contribution in [1.29, 1.82) is 0 Å². The summed E-state index contributed by atoms with van der Waals surface area (Å²) in [6, 6.07) is 14.8. The minimum Gasteiger partial charge on any atom is -0.378 e. The van der Waals surface area contributed by atoms with Gasteiger partial charge in [0.25, 0.3) is 0 Å². The van der Waals surface area contributed by atoms with Gasteiger partial charge in [0.15, 0.2) is 5.17 Å². The molecule has 2 aliphatic rings. The topological polar surface area (TPSA) is 83.0 Å². The highest BCUT2D eigenvalue weighted by atomic mass is 35.5. The van der Waals surface area contributed by atoms with Crippen LogP contribution in [0.15, 0.2) is 53.5 Å². The lowest BCUT2D eigenvalue weighted by atomic mass is 10.2. The lowest BCUT2D eigenvalue weighted by molar-refractivity contribution is -0.122. The first kappa shape index (κ1) is 20.7. The van der Waals surface area contributed by atoms with Crippen LogP contribution in [0.25, 0.3) is 0 Å². The third-order valence-corrected chi connectivity index (χ3v) is 6.15. The highest BCUT2D eigenvalue weighted by Gasteiger charge is 2.32. The van der Waals surface area contributed by atoms with Crippen molar-refractivity contribution in [3.8, 4) is 0 Å². The maximum atomic E-state index is 12.4. The molecule has 2 fully saturated rings. The van der Waals surface area contributed by atoms with Crippen LogP contribution >= 0.6 is 23.4 Å². The Balaban J connectivity index is 1.32. The van der Waals surface area contributed by atoms with Crippen molar-refractivity contribution in [2.24, 2.45) is 4.99 Å². The molecule has 156 valence electrons. The molecule has 0 saturated carbocycles. The molecule has 0 radical (unpaired) electrons. The Morgan fingerprint density at radius 3 is 2.67 bits per heavy atom. The Morgan fingerprint density at radius 2 is 1.93 bits per heavy atom. The fourth-order valence-electron chi connectivity index (χ4n) is 3.20. The fourth-order valence-corrected chi connectivity index (χ4v) is 4.36. The molecule has 0 spiro atoms. The Bertz CT molecular complexity index is 961. The number of carbonyl (C=O) groups is 2. The van der Waals surface area contributed by atoms with E-state index in [1.165, 1.54) is 11.8 Å². The van der Waals surface area contributed by atoms with Crippen molar-refractivity contribution in [2.45, 2.75) is 11.7 Å². The maximum Gasteiger partial charge on any atom is 0.240 e. The Kier molecular flexibility index (Phi) is 6.56. The molecule has 2 heterocycles. The van der Waals surface area contributed by atoms with E-state index in [0.29, 0.717) is 21.6 Å². The standard InChI is InChI=1S/C21H21ClN4O3S/c22-16-3-1-2-4-17(16)24-21-25-20(28)18(30-21)13-19(27)23-14-5-7-15(8-6-14)26-9-11-29-12-10-26/h1-8,18H,9-13H2,(H,23,27)(H,24,25,28)/t18-/m0/s1. The number of amides is 2. The van der Waals surface area contributed by atoms with E-state index in [0.717, 1.165) is 32.0 Å². The second-order valence-electron chi connectivity index (χ2n) is 6.86. The number of ether oxygens (including phenoxy) is 1. The van der Waals surface area contributed by atoms with Gasteiger partial charge in [-0.1, -0.05) is 35.5 Å². The van der Waals surface area contributed by atoms with E-state index in [1.807, 2.05) is 36.4 Å². The number of anilines is 2. The summed E-state index contributed by atoms with van der Waals surface area (Å²) in [6.45, 7) is 3.17. The average molecular weight is 445 g/mol. The van der Waals surface area contributed by atoms with Crippen molar-refractivity contribution >= 4 is 57.4 Å². The number of aliphatic imine (C=N–C) groups is 1. The molecule has 0 aromatic heterocycles. The van der Waals surface area contributed by atoms with Crippen molar-refractivity contribution in [2.75, 3.05) is 36.5 Å². The Labute approximate surface area is 183 Å². The van der Waals surface area contributed by atoms with Crippen LogP contribution in [0.1, 0.15) is 6.42 Å². The zero-order valence-electron chi connectivity index (χ0n) is 16.1. The summed E-state index contributed by atoms with van der Waals surface area (Å²) >= 11 is 7.34. The number of nitrogens with one attached hydrogen (secondary N) is 2. The van der Waals surface area contributed by atoms with Crippen LogP contribution < -0.4 is 15.5 Å². The van der Waals surface area contributed by atoms with Crippen LogP contribution in [-0.4, -0.2) is 48.5 Å².